The van der Waals surface area contributed by atoms with Crippen LogP contribution in [0.1, 0.15) is 25.0 Å². The van der Waals surface area contributed by atoms with E-state index in [0.29, 0.717) is 17.5 Å². The number of hydrogen-bond acceptors (Lipinski definition) is 9. The molecule has 10 nitrogen and oxygen atoms in total. The van der Waals surface area contributed by atoms with Gasteiger partial charge in [-0.15, -0.1) is 0 Å². The van der Waals surface area contributed by atoms with Crippen LogP contribution in [0.2, 0.25) is 0 Å². The molecule has 0 radical (unpaired) electrons. The van der Waals surface area contributed by atoms with Crippen LogP contribution in [0.25, 0.3) is 22.8 Å². The molecule has 1 atom stereocenters. The largest absolute Gasteiger partial charge is 0.491 e. The average molecular weight is 470 g/mol. The molecule has 0 spiro atoms. The molecule has 0 aliphatic rings. The number of rotatable bonds is 11. The van der Waals surface area contributed by atoms with Gasteiger partial charge in [-0.25, -0.2) is 4.98 Å². The van der Waals surface area contributed by atoms with Gasteiger partial charge in [0, 0.05) is 31.4 Å². The molecule has 3 rings (SSSR count). The van der Waals surface area contributed by atoms with Crippen LogP contribution >= 0.6 is 0 Å². The lowest BCUT2D eigenvalue weighted by Crippen LogP contribution is -2.36. The van der Waals surface area contributed by atoms with Crippen LogP contribution in [0.15, 0.2) is 35.0 Å². The summed E-state index contributed by atoms with van der Waals surface area (Å²) in [7, 11) is 0. The zero-order chi connectivity index (χ0) is 24.7. The molecule has 1 amide bonds. The zero-order valence-corrected chi connectivity index (χ0v) is 19.9. The third-order valence-electron chi connectivity index (χ3n) is 5.35. The van der Waals surface area contributed by atoms with E-state index in [1.165, 1.54) is 0 Å². The van der Waals surface area contributed by atoms with E-state index in [9.17, 15) is 9.90 Å². The average Bonchev–Trinajstić information content (AvgIpc) is 3.32. The molecule has 3 aromatic rings. The van der Waals surface area contributed by atoms with Crippen molar-refractivity contribution in [3.63, 3.8) is 0 Å². The molecule has 1 aromatic carbocycles. The number of nitrogens with one attached hydrogen (secondary N) is 1. The molecule has 0 aliphatic heterocycles. The normalized spacial score (nSPS) is 11.8. The summed E-state index contributed by atoms with van der Waals surface area (Å²) in [5.74, 6) is 1.80. The molecule has 1 unspecified atom stereocenters. The summed E-state index contributed by atoms with van der Waals surface area (Å²) in [4.78, 5) is 22.4. The number of ether oxygens (including phenoxy) is 1. The SMILES string of the molecule is CCN(CC)c1ncc(-c2nc(-c3ccc(OCC(O)CNC(=O)CO)cc3C)no2)cc1C. The maximum atomic E-state index is 11.0. The number of carbonyl (C=O) groups is 1. The monoisotopic (exact) mass is 469 g/mol. The number of nitrogens with zero attached hydrogens (tertiary/aromatic N) is 4. The van der Waals surface area contributed by atoms with Crippen LogP contribution in [0, 0.1) is 13.8 Å². The Morgan fingerprint density at radius 1 is 1.21 bits per heavy atom. The minimum atomic E-state index is -0.902. The van der Waals surface area contributed by atoms with Crippen molar-refractivity contribution < 1.29 is 24.3 Å². The summed E-state index contributed by atoms with van der Waals surface area (Å²) in [5.41, 5.74) is 3.46. The van der Waals surface area contributed by atoms with Gasteiger partial charge < -0.3 is 29.7 Å². The van der Waals surface area contributed by atoms with Crippen LogP contribution in [-0.2, 0) is 4.79 Å². The third kappa shape index (κ3) is 6.09. The Balaban J connectivity index is 1.68. The first-order valence-electron chi connectivity index (χ1n) is 11.2. The molecule has 2 heterocycles. The summed E-state index contributed by atoms with van der Waals surface area (Å²) in [6.07, 6.45) is 0.844. The second kappa shape index (κ2) is 11.6. The smallest absolute Gasteiger partial charge is 0.259 e. The van der Waals surface area contributed by atoms with Gasteiger partial charge in [0.1, 0.15) is 30.9 Å². The van der Waals surface area contributed by atoms with E-state index >= 15 is 0 Å². The van der Waals surface area contributed by atoms with Crippen molar-refractivity contribution in [2.45, 2.75) is 33.8 Å². The lowest BCUT2D eigenvalue weighted by molar-refractivity contribution is -0.124. The van der Waals surface area contributed by atoms with Crippen LogP contribution in [-0.4, -0.2) is 70.2 Å². The van der Waals surface area contributed by atoms with Gasteiger partial charge in [0.05, 0.1) is 5.56 Å². The predicted molar refractivity (Wildman–Crippen MR) is 128 cm³/mol. The summed E-state index contributed by atoms with van der Waals surface area (Å²) < 4.78 is 11.1. The predicted octanol–water partition coefficient (Wildman–Crippen LogP) is 2.11. The second-order valence-corrected chi connectivity index (χ2v) is 7.86. The van der Waals surface area contributed by atoms with E-state index in [-0.39, 0.29) is 13.2 Å². The molecule has 182 valence electrons. The van der Waals surface area contributed by atoms with E-state index in [1.54, 1.807) is 12.3 Å². The van der Waals surface area contributed by atoms with Crippen LogP contribution in [0.4, 0.5) is 5.82 Å². The molecular weight excluding hydrogens is 438 g/mol. The van der Waals surface area contributed by atoms with Crippen molar-refractivity contribution in [2.75, 3.05) is 37.7 Å². The molecule has 0 aliphatic carbocycles. The fraction of sp³-hybridized carbons (Fsp3) is 0.417. The van der Waals surface area contributed by atoms with Gasteiger partial charge in [-0.05, 0) is 63.1 Å². The summed E-state index contributed by atoms with van der Waals surface area (Å²) in [6, 6.07) is 7.39. The fourth-order valence-corrected chi connectivity index (χ4v) is 3.50. The number of benzene rings is 1. The Labute approximate surface area is 198 Å². The van der Waals surface area contributed by atoms with Crippen LogP contribution in [0.5, 0.6) is 5.75 Å². The second-order valence-electron chi connectivity index (χ2n) is 7.86. The Morgan fingerprint density at radius 3 is 2.62 bits per heavy atom. The topological polar surface area (TPSA) is 134 Å². The van der Waals surface area contributed by atoms with Gasteiger partial charge >= 0.3 is 0 Å². The van der Waals surface area contributed by atoms with Crippen molar-refractivity contribution >= 4 is 11.7 Å². The van der Waals surface area contributed by atoms with E-state index < -0.39 is 18.6 Å². The summed E-state index contributed by atoms with van der Waals surface area (Å²) >= 11 is 0. The molecular formula is C24H31N5O5. The Kier molecular flexibility index (Phi) is 8.55. The van der Waals surface area contributed by atoms with Gasteiger partial charge in [-0.2, -0.15) is 4.98 Å². The summed E-state index contributed by atoms with van der Waals surface area (Å²) in [6.45, 7) is 9.25. The molecule has 0 saturated carbocycles. The first kappa shape index (κ1) is 25.1. The van der Waals surface area contributed by atoms with Gasteiger partial charge in [-0.3, -0.25) is 4.79 Å². The highest BCUT2D eigenvalue weighted by Crippen LogP contribution is 2.28. The number of amides is 1. The van der Waals surface area contributed by atoms with Gasteiger partial charge in [-0.1, -0.05) is 5.16 Å². The van der Waals surface area contributed by atoms with Crippen LogP contribution < -0.4 is 15.0 Å². The lowest BCUT2D eigenvalue weighted by atomic mass is 10.1. The van der Waals surface area contributed by atoms with Crippen molar-refractivity contribution in [1.29, 1.82) is 0 Å². The van der Waals surface area contributed by atoms with Crippen molar-refractivity contribution in [3.8, 4) is 28.6 Å². The number of aliphatic hydroxyl groups is 2. The molecule has 2 aromatic heterocycles. The van der Waals surface area contributed by atoms with Gasteiger partial charge in [0.2, 0.25) is 11.7 Å². The molecule has 0 fully saturated rings. The number of anilines is 1. The number of aliphatic hydroxyl groups excluding tert-OH is 2. The highest BCUT2D eigenvalue weighted by molar-refractivity contribution is 5.76. The number of hydrogen-bond donors (Lipinski definition) is 3. The van der Waals surface area contributed by atoms with E-state index in [4.69, 9.17) is 14.4 Å². The number of aromatic nitrogens is 3. The minimum Gasteiger partial charge on any atom is -0.491 e. The first-order chi connectivity index (χ1) is 16.4. The number of carbonyl (C=O) groups excluding carboxylic acids is 1. The number of pyridine rings is 1. The van der Waals surface area contributed by atoms with Crippen molar-refractivity contribution in [2.24, 2.45) is 0 Å². The number of aryl methyl sites for hydroxylation is 2. The Bertz CT molecular complexity index is 1110. The molecule has 0 bridgehead atoms. The van der Waals surface area contributed by atoms with Gasteiger partial charge in [0.15, 0.2) is 0 Å². The molecule has 3 N–H and O–H groups in total. The minimum absolute atomic E-state index is 0.00725. The quantitative estimate of drug-likeness (QED) is 0.386. The van der Waals surface area contributed by atoms with Crippen molar-refractivity contribution in [3.05, 3.63) is 41.6 Å². The van der Waals surface area contributed by atoms with Crippen LogP contribution in [0.3, 0.4) is 0 Å². The Hall–Kier alpha value is -3.50. The van der Waals surface area contributed by atoms with E-state index in [0.717, 1.165) is 41.2 Å². The van der Waals surface area contributed by atoms with E-state index in [1.807, 2.05) is 32.0 Å². The summed E-state index contributed by atoms with van der Waals surface area (Å²) in [5, 5.41) is 25.1. The first-order valence-corrected chi connectivity index (χ1v) is 11.2. The molecule has 10 heteroatoms. The molecule has 34 heavy (non-hydrogen) atoms. The fourth-order valence-electron chi connectivity index (χ4n) is 3.50. The van der Waals surface area contributed by atoms with Gasteiger partial charge in [0.25, 0.3) is 5.89 Å². The van der Waals surface area contributed by atoms with Crippen molar-refractivity contribution in [1.82, 2.24) is 20.4 Å². The third-order valence-corrected chi connectivity index (χ3v) is 5.35. The maximum Gasteiger partial charge on any atom is 0.259 e. The Morgan fingerprint density at radius 2 is 1.97 bits per heavy atom. The highest BCUT2D eigenvalue weighted by atomic mass is 16.5. The maximum absolute atomic E-state index is 11.0. The standard InChI is InChI=1S/C24H31N5O5/c1-5-29(6-2)23-16(4)9-17(11-26-23)24-27-22(28-34-24)20-8-7-19(10-15(20)3)33-14-18(31)12-25-21(32)13-30/h7-11,18,30-31H,5-6,12-14H2,1-4H3,(H,25,32). The zero-order valence-electron chi connectivity index (χ0n) is 19.9. The highest BCUT2D eigenvalue weighted by Gasteiger charge is 2.16. The molecule has 0 saturated heterocycles. The van der Waals surface area contributed by atoms with E-state index in [2.05, 4.69) is 39.2 Å². The lowest BCUT2D eigenvalue weighted by Gasteiger charge is -2.21.